The Balaban J connectivity index is 2.26. The Morgan fingerprint density at radius 2 is 2.05 bits per heavy atom. The number of aryl methyl sites for hydroxylation is 1. The molecule has 2 rings (SSSR count). The van der Waals surface area contributed by atoms with E-state index in [0.29, 0.717) is 16.4 Å². The van der Waals surface area contributed by atoms with Crippen molar-refractivity contribution in [2.24, 2.45) is 0 Å². The summed E-state index contributed by atoms with van der Waals surface area (Å²) in [4.78, 5) is 30.1. The highest BCUT2D eigenvalue weighted by Crippen LogP contribution is 2.28. The maximum absolute atomic E-state index is 12.2. The quantitative estimate of drug-likeness (QED) is 0.906. The second-order valence-electron chi connectivity index (χ2n) is 4.66. The summed E-state index contributed by atoms with van der Waals surface area (Å²) in [5, 5.41) is 12.1. The highest BCUT2D eigenvalue weighted by Gasteiger charge is 2.17. The molecule has 0 aliphatic heterocycles. The molecule has 0 aliphatic rings. The summed E-state index contributed by atoms with van der Waals surface area (Å²) < 4.78 is 0. The Labute approximate surface area is 126 Å². The van der Waals surface area contributed by atoms with Crippen LogP contribution >= 0.6 is 11.3 Å². The molecule has 0 aromatic carbocycles. The predicted octanol–water partition coefficient (Wildman–Crippen LogP) is 2.47. The minimum Gasteiger partial charge on any atom is -0.478 e. The van der Waals surface area contributed by atoms with Crippen molar-refractivity contribution in [3.05, 3.63) is 40.4 Å². The van der Waals surface area contributed by atoms with Gasteiger partial charge in [-0.1, -0.05) is 0 Å². The summed E-state index contributed by atoms with van der Waals surface area (Å²) in [6.45, 7) is 1.79. The van der Waals surface area contributed by atoms with E-state index in [2.05, 4.69) is 10.3 Å². The average Bonchev–Trinajstić information content (AvgIpc) is 2.80. The minimum atomic E-state index is -1.06. The Kier molecular flexibility index (Phi) is 4.23. The molecule has 2 heterocycles. The summed E-state index contributed by atoms with van der Waals surface area (Å²) in [5.41, 5.74) is 0.531. The highest BCUT2D eigenvalue weighted by molar-refractivity contribution is 7.16. The third-order valence-corrected chi connectivity index (χ3v) is 3.74. The number of aromatic carboxylic acids is 1. The van der Waals surface area contributed by atoms with Gasteiger partial charge < -0.3 is 15.3 Å². The van der Waals surface area contributed by atoms with Gasteiger partial charge in [-0.2, -0.15) is 0 Å². The topological polar surface area (TPSA) is 82.5 Å². The molecule has 21 heavy (non-hydrogen) atoms. The van der Waals surface area contributed by atoms with E-state index < -0.39 is 5.97 Å². The number of hydrogen-bond acceptors (Lipinski definition) is 5. The van der Waals surface area contributed by atoms with Crippen LogP contribution in [0.5, 0.6) is 0 Å². The fourth-order valence-corrected chi connectivity index (χ4v) is 2.64. The summed E-state index contributed by atoms with van der Waals surface area (Å²) in [5.74, 6) is -0.758. The number of anilines is 2. The fourth-order valence-electron chi connectivity index (χ4n) is 1.75. The number of nitrogens with zero attached hydrogens (tertiary/aromatic N) is 2. The molecule has 0 unspecified atom stereocenters. The molecule has 1 amide bonds. The molecule has 110 valence electrons. The van der Waals surface area contributed by atoms with Crippen LogP contribution in [0.1, 0.15) is 25.6 Å². The number of aromatic nitrogens is 1. The number of amides is 1. The van der Waals surface area contributed by atoms with E-state index in [1.54, 1.807) is 36.2 Å². The van der Waals surface area contributed by atoms with Crippen molar-refractivity contribution >= 4 is 34.0 Å². The molecule has 0 saturated carbocycles. The van der Waals surface area contributed by atoms with Crippen LogP contribution in [0.2, 0.25) is 0 Å². The Morgan fingerprint density at radius 1 is 1.33 bits per heavy atom. The number of carboxylic acids is 1. The van der Waals surface area contributed by atoms with Crippen molar-refractivity contribution in [2.45, 2.75) is 6.92 Å². The van der Waals surface area contributed by atoms with Gasteiger partial charge in [-0.15, -0.1) is 11.3 Å². The first-order valence-corrected chi connectivity index (χ1v) is 6.98. The molecule has 0 spiro atoms. The number of nitrogens with one attached hydrogen (secondary N) is 1. The van der Waals surface area contributed by atoms with Gasteiger partial charge in [0.05, 0.1) is 5.56 Å². The molecule has 0 atom stereocenters. The summed E-state index contributed by atoms with van der Waals surface area (Å²) in [7, 11) is 3.66. The van der Waals surface area contributed by atoms with Crippen molar-refractivity contribution < 1.29 is 14.7 Å². The number of carboxylic acid groups (broad SMARTS) is 1. The molecule has 2 N–H and O–H groups in total. The second kappa shape index (κ2) is 5.92. The van der Waals surface area contributed by atoms with Crippen molar-refractivity contribution in [3.8, 4) is 0 Å². The van der Waals surface area contributed by atoms with Crippen LogP contribution in [0.3, 0.4) is 0 Å². The molecule has 0 radical (unpaired) electrons. The lowest BCUT2D eigenvalue weighted by Gasteiger charge is -2.12. The largest absolute Gasteiger partial charge is 0.478 e. The molecule has 0 bridgehead atoms. The van der Waals surface area contributed by atoms with Crippen LogP contribution in [0, 0.1) is 6.92 Å². The molecule has 7 heteroatoms. The van der Waals surface area contributed by atoms with Gasteiger partial charge in [-0.05, 0) is 25.1 Å². The summed E-state index contributed by atoms with van der Waals surface area (Å²) in [6, 6.07) is 4.78. The van der Waals surface area contributed by atoms with Gasteiger partial charge in [-0.3, -0.25) is 4.79 Å². The molecule has 0 saturated heterocycles. The lowest BCUT2D eigenvalue weighted by atomic mass is 10.2. The van der Waals surface area contributed by atoms with Crippen LogP contribution in [-0.4, -0.2) is 36.1 Å². The van der Waals surface area contributed by atoms with Gasteiger partial charge in [-0.25, -0.2) is 9.78 Å². The maximum Gasteiger partial charge on any atom is 0.338 e. The summed E-state index contributed by atoms with van der Waals surface area (Å²) in [6.07, 6.45) is 1.54. The first-order valence-electron chi connectivity index (χ1n) is 6.17. The van der Waals surface area contributed by atoms with Crippen LogP contribution < -0.4 is 10.2 Å². The third-order valence-electron chi connectivity index (χ3n) is 2.78. The van der Waals surface area contributed by atoms with Crippen LogP contribution in [0.4, 0.5) is 10.8 Å². The van der Waals surface area contributed by atoms with Gasteiger partial charge in [0.1, 0.15) is 10.8 Å². The summed E-state index contributed by atoms with van der Waals surface area (Å²) >= 11 is 1.24. The minimum absolute atomic E-state index is 0.104. The van der Waals surface area contributed by atoms with E-state index >= 15 is 0 Å². The van der Waals surface area contributed by atoms with Gasteiger partial charge in [0.25, 0.3) is 5.91 Å². The third kappa shape index (κ3) is 3.38. The molecular formula is C14H15N3O3S. The van der Waals surface area contributed by atoms with Gasteiger partial charge in [0.2, 0.25) is 0 Å². The van der Waals surface area contributed by atoms with Gasteiger partial charge in [0.15, 0.2) is 0 Å². The lowest BCUT2D eigenvalue weighted by molar-refractivity contribution is 0.0698. The van der Waals surface area contributed by atoms with Crippen molar-refractivity contribution in [1.29, 1.82) is 0 Å². The van der Waals surface area contributed by atoms with E-state index in [1.807, 2.05) is 14.1 Å². The maximum atomic E-state index is 12.2. The molecule has 0 aliphatic carbocycles. The van der Waals surface area contributed by atoms with Crippen molar-refractivity contribution in [3.63, 3.8) is 0 Å². The monoisotopic (exact) mass is 305 g/mol. The SMILES string of the molecule is Cc1cc(C(=O)O)c(NC(=O)c2ccnc(N(C)C)c2)s1. The van der Waals surface area contributed by atoms with Crippen LogP contribution in [0.25, 0.3) is 0 Å². The Bertz CT molecular complexity index is 695. The number of rotatable bonds is 4. The predicted molar refractivity (Wildman–Crippen MR) is 82.5 cm³/mol. The van der Waals surface area contributed by atoms with E-state index in [4.69, 9.17) is 5.11 Å². The fraction of sp³-hybridized carbons (Fsp3) is 0.214. The van der Waals surface area contributed by atoms with E-state index in [-0.39, 0.29) is 11.5 Å². The van der Waals surface area contributed by atoms with E-state index in [0.717, 1.165) is 4.88 Å². The first kappa shape index (κ1) is 15.0. The standard InChI is InChI=1S/C14H15N3O3S/c1-8-6-10(14(19)20)13(21-8)16-12(18)9-4-5-15-11(7-9)17(2)3/h4-7H,1-3H3,(H,16,18)(H,19,20). The number of pyridine rings is 1. The molecule has 6 nitrogen and oxygen atoms in total. The Morgan fingerprint density at radius 3 is 2.67 bits per heavy atom. The molecule has 2 aromatic heterocycles. The molecule has 0 fully saturated rings. The van der Waals surface area contributed by atoms with Crippen molar-refractivity contribution in [1.82, 2.24) is 4.98 Å². The lowest BCUT2D eigenvalue weighted by Crippen LogP contribution is -2.15. The first-order chi connectivity index (χ1) is 9.88. The number of carbonyl (C=O) groups excluding carboxylic acids is 1. The van der Waals surface area contributed by atoms with Crippen LogP contribution in [-0.2, 0) is 0 Å². The number of hydrogen-bond donors (Lipinski definition) is 2. The van der Waals surface area contributed by atoms with Gasteiger partial charge in [0, 0.05) is 30.7 Å². The van der Waals surface area contributed by atoms with Gasteiger partial charge >= 0.3 is 5.97 Å². The highest BCUT2D eigenvalue weighted by atomic mass is 32.1. The normalized spacial score (nSPS) is 10.2. The average molecular weight is 305 g/mol. The zero-order valence-corrected chi connectivity index (χ0v) is 12.7. The number of carbonyl (C=O) groups is 2. The molecular weight excluding hydrogens is 290 g/mol. The molecule has 2 aromatic rings. The Hall–Kier alpha value is -2.41. The second-order valence-corrected chi connectivity index (χ2v) is 5.91. The van der Waals surface area contributed by atoms with Crippen molar-refractivity contribution in [2.75, 3.05) is 24.3 Å². The van der Waals surface area contributed by atoms with E-state index in [9.17, 15) is 9.59 Å². The van der Waals surface area contributed by atoms with E-state index in [1.165, 1.54) is 11.3 Å². The van der Waals surface area contributed by atoms with Crippen LogP contribution in [0.15, 0.2) is 24.4 Å². The zero-order valence-electron chi connectivity index (χ0n) is 11.9. The zero-order chi connectivity index (χ0) is 15.6. The number of thiophene rings is 1. The smallest absolute Gasteiger partial charge is 0.338 e.